The van der Waals surface area contributed by atoms with E-state index in [0.717, 1.165) is 11.1 Å². The second-order valence-electron chi connectivity index (χ2n) is 6.44. The number of aromatic carboxylic acids is 1. The van der Waals surface area contributed by atoms with Gasteiger partial charge in [-0.25, -0.2) is 24.2 Å². The summed E-state index contributed by atoms with van der Waals surface area (Å²) in [5, 5.41) is 13.4. The minimum absolute atomic E-state index is 0.0580. The van der Waals surface area contributed by atoms with Gasteiger partial charge in [0.1, 0.15) is 5.82 Å². The number of anilines is 2. The molecule has 156 valence electrons. The lowest BCUT2D eigenvalue weighted by Crippen LogP contribution is -2.29. The standard InChI is InChI=1S/C21H21ClN4O4/c1-4-30-21(29)25(15-11-7-8-13(2)14(15)3)16-9-5-6-10-17(16)26-18(12-22)23-19(24-26)20(27)28/h5-11H,4,12H2,1-3H3,(H,27,28). The topological polar surface area (TPSA) is 97.6 Å². The fraction of sp³-hybridized carbons (Fsp3) is 0.238. The SMILES string of the molecule is CCOC(=O)N(c1ccccc1-n1nc(C(=O)O)nc1CCl)c1cccc(C)c1C. The summed E-state index contributed by atoms with van der Waals surface area (Å²) < 4.78 is 6.66. The lowest BCUT2D eigenvalue weighted by Gasteiger charge is -2.26. The van der Waals surface area contributed by atoms with Crippen LogP contribution in [0.4, 0.5) is 16.2 Å². The Bertz CT molecular complexity index is 1100. The molecule has 9 heteroatoms. The number of ether oxygens (including phenoxy) is 1. The Balaban J connectivity index is 2.26. The summed E-state index contributed by atoms with van der Waals surface area (Å²) in [6, 6.07) is 12.6. The first-order valence-corrected chi connectivity index (χ1v) is 9.80. The number of nitrogens with zero attached hydrogens (tertiary/aromatic N) is 4. The van der Waals surface area contributed by atoms with Gasteiger partial charge in [0.15, 0.2) is 0 Å². The van der Waals surface area contributed by atoms with Gasteiger partial charge in [-0.1, -0.05) is 24.3 Å². The number of carbonyl (C=O) groups is 2. The highest BCUT2D eigenvalue weighted by atomic mass is 35.5. The van der Waals surface area contributed by atoms with Crippen LogP contribution in [0.1, 0.15) is 34.5 Å². The minimum Gasteiger partial charge on any atom is -0.475 e. The summed E-state index contributed by atoms with van der Waals surface area (Å²) in [6.07, 6.45) is -0.565. The van der Waals surface area contributed by atoms with Crippen LogP contribution in [0.25, 0.3) is 5.69 Å². The Kier molecular flexibility index (Phi) is 6.37. The van der Waals surface area contributed by atoms with E-state index in [1.807, 2.05) is 32.0 Å². The molecule has 1 N–H and O–H groups in total. The molecule has 0 atom stereocenters. The highest BCUT2D eigenvalue weighted by Crippen LogP contribution is 2.35. The largest absolute Gasteiger partial charge is 0.475 e. The van der Waals surface area contributed by atoms with Gasteiger partial charge in [0.25, 0.3) is 5.82 Å². The maximum atomic E-state index is 13.0. The lowest BCUT2D eigenvalue weighted by atomic mass is 10.1. The van der Waals surface area contributed by atoms with Crippen molar-refractivity contribution in [3.05, 3.63) is 65.2 Å². The second kappa shape index (κ2) is 8.96. The molecule has 0 aliphatic carbocycles. The maximum Gasteiger partial charge on any atom is 0.419 e. The van der Waals surface area contributed by atoms with Crippen LogP contribution >= 0.6 is 11.6 Å². The smallest absolute Gasteiger partial charge is 0.419 e. The number of hydrogen-bond acceptors (Lipinski definition) is 5. The van der Waals surface area contributed by atoms with Gasteiger partial charge in [0, 0.05) is 0 Å². The molecule has 30 heavy (non-hydrogen) atoms. The van der Waals surface area contributed by atoms with E-state index in [2.05, 4.69) is 10.1 Å². The molecule has 1 heterocycles. The average molecular weight is 429 g/mol. The van der Waals surface area contributed by atoms with E-state index in [1.54, 1.807) is 31.2 Å². The Morgan fingerprint density at radius 2 is 1.83 bits per heavy atom. The average Bonchev–Trinajstić information content (AvgIpc) is 3.17. The number of carboxylic acids is 1. The van der Waals surface area contributed by atoms with Crippen LogP contribution in [-0.2, 0) is 10.6 Å². The summed E-state index contributed by atoms with van der Waals surface area (Å²) in [6.45, 7) is 5.80. The maximum absolute atomic E-state index is 13.0. The molecule has 0 aliphatic rings. The molecule has 1 amide bonds. The summed E-state index contributed by atoms with van der Waals surface area (Å²) in [4.78, 5) is 29.8. The summed E-state index contributed by atoms with van der Waals surface area (Å²) >= 11 is 5.99. The third-order valence-electron chi connectivity index (χ3n) is 4.60. The van der Waals surface area contributed by atoms with Crippen LogP contribution in [0.5, 0.6) is 0 Å². The van der Waals surface area contributed by atoms with Crippen molar-refractivity contribution in [1.82, 2.24) is 14.8 Å². The number of halogens is 1. The number of amides is 1. The molecule has 0 unspecified atom stereocenters. The van der Waals surface area contributed by atoms with Gasteiger partial charge in [0.2, 0.25) is 0 Å². The Labute approximate surface area is 178 Å². The number of aryl methyl sites for hydroxylation is 1. The van der Waals surface area contributed by atoms with Crippen molar-refractivity contribution in [3.63, 3.8) is 0 Å². The Hall–Kier alpha value is -3.39. The van der Waals surface area contributed by atoms with Gasteiger partial charge in [-0.3, -0.25) is 0 Å². The monoisotopic (exact) mass is 428 g/mol. The molecule has 0 aliphatic heterocycles. The second-order valence-corrected chi connectivity index (χ2v) is 6.71. The van der Waals surface area contributed by atoms with Crippen molar-refractivity contribution in [2.24, 2.45) is 0 Å². The van der Waals surface area contributed by atoms with Gasteiger partial charge in [-0.2, -0.15) is 0 Å². The van der Waals surface area contributed by atoms with E-state index < -0.39 is 12.1 Å². The third-order valence-corrected chi connectivity index (χ3v) is 4.84. The minimum atomic E-state index is -1.27. The first-order chi connectivity index (χ1) is 14.4. The van der Waals surface area contributed by atoms with E-state index in [4.69, 9.17) is 16.3 Å². The molecule has 8 nitrogen and oxygen atoms in total. The number of carboxylic acid groups (broad SMARTS) is 1. The zero-order chi connectivity index (χ0) is 21.8. The first-order valence-electron chi connectivity index (χ1n) is 9.26. The number of carbonyl (C=O) groups excluding carboxylic acids is 1. The number of benzene rings is 2. The van der Waals surface area contributed by atoms with Crippen LogP contribution in [0.15, 0.2) is 42.5 Å². The molecule has 0 saturated heterocycles. The summed E-state index contributed by atoms with van der Waals surface area (Å²) in [5.74, 6) is -1.46. The van der Waals surface area contributed by atoms with Gasteiger partial charge in [0.05, 0.1) is 29.5 Å². The van der Waals surface area contributed by atoms with Crippen LogP contribution in [0.3, 0.4) is 0 Å². The molecule has 3 aromatic rings. The third kappa shape index (κ3) is 3.99. The van der Waals surface area contributed by atoms with E-state index >= 15 is 0 Å². The van der Waals surface area contributed by atoms with Gasteiger partial charge in [-0.15, -0.1) is 16.7 Å². The number of para-hydroxylation sites is 2. The van der Waals surface area contributed by atoms with Crippen molar-refractivity contribution >= 4 is 35.0 Å². The fourth-order valence-corrected chi connectivity index (χ4v) is 3.21. The van der Waals surface area contributed by atoms with Crippen molar-refractivity contribution in [2.75, 3.05) is 11.5 Å². The van der Waals surface area contributed by atoms with E-state index in [-0.39, 0.29) is 24.1 Å². The van der Waals surface area contributed by atoms with Crippen LogP contribution in [0.2, 0.25) is 0 Å². The van der Waals surface area contributed by atoms with Gasteiger partial charge >= 0.3 is 12.1 Å². The number of aromatic nitrogens is 3. The molecule has 3 rings (SSSR count). The van der Waals surface area contributed by atoms with Gasteiger partial charge < -0.3 is 9.84 Å². The van der Waals surface area contributed by atoms with Crippen molar-refractivity contribution in [2.45, 2.75) is 26.7 Å². The van der Waals surface area contributed by atoms with Crippen LogP contribution in [0, 0.1) is 13.8 Å². The van der Waals surface area contributed by atoms with E-state index in [1.165, 1.54) is 9.58 Å². The van der Waals surface area contributed by atoms with Crippen LogP contribution < -0.4 is 4.90 Å². The fourth-order valence-electron chi connectivity index (χ4n) is 3.04. The molecular formula is C21H21ClN4O4. The summed E-state index contributed by atoms with van der Waals surface area (Å²) in [5.41, 5.74) is 3.46. The lowest BCUT2D eigenvalue weighted by molar-refractivity contribution is 0.0683. The molecule has 1 aromatic heterocycles. The normalized spacial score (nSPS) is 10.7. The number of hydrogen-bond donors (Lipinski definition) is 1. The predicted octanol–water partition coefficient (Wildman–Crippen LogP) is 4.62. The number of rotatable bonds is 6. The molecule has 0 fully saturated rings. The van der Waals surface area contributed by atoms with Crippen molar-refractivity contribution < 1.29 is 19.4 Å². The Morgan fingerprint density at radius 3 is 2.50 bits per heavy atom. The molecule has 0 bridgehead atoms. The van der Waals surface area contributed by atoms with E-state index in [0.29, 0.717) is 17.1 Å². The first kappa shape index (κ1) is 21.3. The molecule has 0 radical (unpaired) electrons. The summed E-state index contributed by atoms with van der Waals surface area (Å²) in [7, 11) is 0. The number of alkyl halides is 1. The molecule has 2 aromatic carbocycles. The highest BCUT2D eigenvalue weighted by Gasteiger charge is 2.26. The molecule has 0 spiro atoms. The highest BCUT2D eigenvalue weighted by molar-refractivity contribution is 6.16. The van der Waals surface area contributed by atoms with Crippen molar-refractivity contribution in [3.8, 4) is 5.69 Å². The predicted molar refractivity (Wildman–Crippen MR) is 113 cm³/mol. The zero-order valence-electron chi connectivity index (χ0n) is 16.8. The quantitative estimate of drug-likeness (QED) is 0.575. The van der Waals surface area contributed by atoms with E-state index in [9.17, 15) is 14.7 Å². The van der Waals surface area contributed by atoms with Crippen molar-refractivity contribution in [1.29, 1.82) is 0 Å². The zero-order valence-corrected chi connectivity index (χ0v) is 17.6. The Morgan fingerprint density at radius 1 is 1.13 bits per heavy atom. The van der Waals surface area contributed by atoms with Gasteiger partial charge in [-0.05, 0) is 50.1 Å². The van der Waals surface area contributed by atoms with Crippen LogP contribution in [-0.4, -0.2) is 38.5 Å². The molecular weight excluding hydrogens is 408 g/mol. The molecule has 0 saturated carbocycles.